The number of nitrogens with one attached hydrogen (secondary N) is 1. The summed E-state index contributed by atoms with van der Waals surface area (Å²) in [7, 11) is 1.68. The van der Waals surface area contributed by atoms with Crippen LogP contribution in [0.1, 0.15) is 24.0 Å². The maximum Gasteiger partial charge on any atom is 0.225 e. The van der Waals surface area contributed by atoms with Crippen molar-refractivity contribution in [2.75, 3.05) is 25.1 Å². The molecule has 0 saturated carbocycles. The van der Waals surface area contributed by atoms with Crippen LogP contribution in [0.4, 0.5) is 5.95 Å². The van der Waals surface area contributed by atoms with Crippen LogP contribution in [0.5, 0.6) is 0 Å². The molecule has 0 bridgehead atoms. The van der Waals surface area contributed by atoms with Gasteiger partial charge in [0.1, 0.15) is 0 Å². The summed E-state index contributed by atoms with van der Waals surface area (Å²) in [5.74, 6) is 0.755. The zero-order valence-electron chi connectivity index (χ0n) is 14.5. The molecule has 1 aromatic heterocycles. The van der Waals surface area contributed by atoms with Crippen LogP contribution < -0.4 is 10.2 Å². The number of methoxy groups -OCH3 is 1. The Morgan fingerprint density at radius 3 is 2.76 bits per heavy atom. The van der Waals surface area contributed by atoms with Crippen molar-refractivity contribution in [3.63, 3.8) is 0 Å². The van der Waals surface area contributed by atoms with Crippen molar-refractivity contribution < 1.29 is 9.53 Å². The summed E-state index contributed by atoms with van der Waals surface area (Å²) < 4.78 is 5.22. The van der Waals surface area contributed by atoms with Crippen LogP contribution in [0, 0.1) is 5.92 Å². The van der Waals surface area contributed by atoms with E-state index in [1.165, 1.54) is 0 Å². The maximum absolute atomic E-state index is 12.6. The fourth-order valence-corrected chi connectivity index (χ4v) is 3.18. The molecule has 2 heterocycles. The normalized spacial score (nSPS) is 17.3. The second kappa shape index (κ2) is 8.58. The highest BCUT2D eigenvalue weighted by molar-refractivity contribution is 5.79. The van der Waals surface area contributed by atoms with Gasteiger partial charge in [0, 0.05) is 39.1 Å². The Hall–Kier alpha value is -2.47. The van der Waals surface area contributed by atoms with Gasteiger partial charge in [0.15, 0.2) is 0 Å². The lowest BCUT2D eigenvalue weighted by molar-refractivity contribution is -0.125. The molecular formula is C19H24N4O2. The first-order chi connectivity index (χ1) is 12.3. The van der Waals surface area contributed by atoms with Gasteiger partial charge in [-0.15, -0.1) is 0 Å². The number of nitrogens with zero attached hydrogens (tertiary/aromatic N) is 3. The molecule has 1 aliphatic rings. The molecule has 1 atom stereocenters. The molecule has 1 amide bonds. The lowest BCUT2D eigenvalue weighted by Gasteiger charge is -2.32. The molecule has 0 aliphatic carbocycles. The number of aromatic nitrogens is 2. The molecule has 0 spiro atoms. The van der Waals surface area contributed by atoms with Gasteiger partial charge < -0.3 is 15.0 Å². The van der Waals surface area contributed by atoms with Crippen LogP contribution in [0.2, 0.25) is 0 Å². The van der Waals surface area contributed by atoms with Gasteiger partial charge >= 0.3 is 0 Å². The van der Waals surface area contributed by atoms with Crippen LogP contribution in [-0.4, -0.2) is 36.1 Å². The second-order valence-corrected chi connectivity index (χ2v) is 6.25. The average Bonchev–Trinajstić information content (AvgIpc) is 2.68. The molecule has 2 aromatic rings. The highest BCUT2D eigenvalue weighted by atomic mass is 16.5. The van der Waals surface area contributed by atoms with E-state index in [0.717, 1.165) is 30.5 Å². The van der Waals surface area contributed by atoms with E-state index in [2.05, 4.69) is 20.2 Å². The summed E-state index contributed by atoms with van der Waals surface area (Å²) in [5.41, 5.74) is 2.20. The van der Waals surface area contributed by atoms with E-state index in [4.69, 9.17) is 4.74 Å². The van der Waals surface area contributed by atoms with E-state index in [0.29, 0.717) is 25.6 Å². The minimum absolute atomic E-state index is 0.0351. The lowest BCUT2D eigenvalue weighted by Crippen LogP contribution is -2.43. The number of carbonyl (C=O) groups excluding carboxylic acids is 1. The second-order valence-electron chi connectivity index (χ2n) is 6.25. The average molecular weight is 340 g/mol. The summed E-state index contributed by atoms with van der Waals surface area (Å²) in [5, 5.41) is 3.08. The maximum atomic E-state index is 12.6. The summed E-state index contributed by atoms with van der Waals surface area (Å²) in [4.78, 5) is 23.3. The van der Waals surface area contributed by atoms with Gasteiger partial charge in [0.25, 0.3) is 0 Å². The summed E-state index contributed by atoms with van der Waals surface area (Å²) >= 11 is 0. The van der Waals surface area contributed by atoms with E-state index in [-0.39, 0.29) is 11.8 Å². The number of rotatable bonds is 6. The molecule has 1 saturated heterocycles. The highest BCUT2D eigenvalue weighted by Gasteiger charge is 2.26. The minimum atomic E-state index is -0.0351. The smallest absolute Gasteiger partial charge is 0.225 e. The van der Waals surface area contributed by atoms with E-state index in [9.17, 15) is 4.79 Å². The Morgan fingerprint density at radius 1 is 1.24 bits per heavy atom. The number of carbonyl (C=O) groups is 1. The van der Waals surface area contributed by atoms with Crippen LogP contribution in [0.15, 0.2) is 42.7 Å². The molecule has 3 rings (SSSR count). The standard InChI is InChI=1S/C19H24N4O2/c1-25-14-17-7-3-2-6-15(17)12-22-18(24)16-8-4-11-23(13-16)19-20-9-5-10-21-19/h2-3,5-7,9-10,16H,4,8,11-14H2,1H3,(H,22,24)/t16-/m0/s1. The molecule has 25 heavy (non-hydrogen) atoms. The van der Waals surface area contributed by atoms with Gasteiger partial charge in [0.2, 0.25) is 11.9 Å². The van der Waals surface area contributed by atoms with Gasteiger partial charge in [0.05, 0.1) is 12.5 Å². The van der Waals surface area contributed by atoms with E-state index < -0.39 is 0 Å². The van der Waals surface area contributed by atoms with E-state index in [1.54, 1.807) is 25.6 Å². The zero-order chi connectivity index (χ0) is 17.5. The van der Waals surface area contributed by atoms with Crippen LogP contribution in [0.3, 0.4) is 0 Å². The van der Waals surface area contributed by atoms with Crippen molar-refractivity contribution in [1.29, 1.82) is 0 Å². The largest absolute Gasteiger partial charge is 0.380 e. The Bertz CT molecular complexity index is 693. The topological polar surface area (TPSA) is 67.3 Å². The molecule has 1 aromatic carbocycles. The number of amides is 1. The minimum Gasteiger partial charge on any atom is -0.380 e. The van der Waals surface area contributed by atoms with Crippen molar-refractivity contribution in [3.8, 4) is 0 Å². The van der Waals surface area contributed by atoms with E-state index in [1.807, 2.05) is 24.3 Å². The predicted octanol–water partition coefficient (Wildman–Crippen LogP) is 2.16. The Balaban J connectivity index is 1.58. The molecule has 1 N–H and O–H groups in total. The van der Waals surface area contributed by atoms with Crippen LogP contribution in [0.25, 0.3) is 0 Å². The summed E-state index contributed by atoms with van der Waals surface area (Å²) in [6.45, 7) is 2.63. The third-order valence-electron chi connectivity index (χ3n) is 4.50. The molecule has 1 aliphatic heterocycles. The first-order valence-electron chi connectivity index (χ1n) is 8.63. The van der Waals surface area contributed by atoms with E-state index >= 15 is 0 Å². The molecular weight excluding hydrogens is 316 g/mol. The Kier molecular flexibility index (Phi) is 5.95. The first kappa shape index (κ1) is 17.4. The molecule has 132 valence electrons. The predicted molar refractivity (Wildman–Crippen MR) is 96.0 cm³/mol. The highest BCUT2D eigenvalue weighted by Crippen LogP contribution is 2.20. The number of ether oxygens (including phenoxy) is 1. The number of hydrogen-bond acceptors (Lipinski definition) is 5. The van der Waals surface area contributed by atoms with Crippen molar-refractivity contribution in [1.82, 2.24) is 15.3 Å². The van der Waals surface area contributed by atoms with Gasteiger partial charge in [-0.1, -0.05) is 24.3 Å². The molecule has 1 fully saturated rings. The van der Waals surface area contributed by atoms with Crippen molar-refractivity contribution in [2.24, 2.45) is 5.92 Å². The van der Waals surface area contributed by atoms with Crippen LogP contribution in [-0.2, 0) is 22.7 Å². The molecule has 6 nitrogen and oxygen atoms in total. The number of piperidine rings is 1. The van der Waals surface area contributed by atoms with Gasteiger partial charge in [-0.25, -0.2) is 9.97 Å². The van der Waals surface area contributed by atoms with Crippen molar-refractivity contribution >= 4 is 11.9 Å². The molecule has 6 heteroatoms. The van der Waals surface area contributed by atoms with Gasteiger partial charge in [-0.3, -0.25) is 4.79 Å². The zero-order valence-corrected chi connectivity index (χ0v) is 14.5. The van der Waals surface area contributed by atoms with Crippen LogP contribution >= 0.6 is 0 Å². The lowest BCUT2D eigenvalue weighted by atomic mass is 9.97. The third kappa shape index (κ3) is 4.54. The summed E-state index contributed by atoms with van der Waals surface area (Å²) in [6, 6.07) is 9.82. The fourth-order valence-electron chi connectivity index (χ4n) is 3.18. The third-order valence-corrected chi connectivity index (χ3v) is 4.50. The number of benzene rings is 1. The Morgan fingerprint density at radius 2 is 2.00 bits per heavy atom. The number of hydrogen-bond donors (Lipinski definition) is 1. The molecule has 0 radical (unpaired) electrons. The SMILES string of the molecule is COCc1ccccc1CNC(=O)[C@H]1CCCN(c2ncccn2)C1. The Labute approximate surface area is 148 Å². The quantitative estimate of drug-likeness (QED) is 0.873. The van der Waals surface area contributed by atoms with Gasteiger partial charge in [-0.2, -0.15) is 0 Å². The van der Waals surface area contributed by atoms with Crippen molar-refractivity contribution in [2.45, 2.75) is 26.0 Å². The number of anilines is 1. The first-order valence-corrected chi connectivity index (χ1v) is 8.63. The monoisotopic (exact) mass is 340 g/mol. The van der Waals surface area contributed by atoms with Gasteiger partial charge in [-0.05, 0) is 30.0 Å². The fraction of sp³-hybridized carbons (Fsp3) is 0.421. The molecule has 0 unspecified atom stereocenters. The summed E-state index contributed by atoms with van der Waals surface area (Å²) in [6.07, 6.45) is 5.34. The van der Waals surface area contributed by atoms with Crippen molar-refractivity contribution in [3.05, 3.63) is 53.9 Å².